The maximum atomic E-state index is 10.8. The third-order valence-corrected chi connectivity index (χ3v) is 2.46. The standard InChI is InChI=1S/C10H13IO/c1-8(11)2-3-9-4-6-10(12)7-5-9/h2,4,6,9H,3,5,7H2,1H3/b8-2-. The van der Waals surface area contributed by atoms with Crippen LogP contribution < -0.4 is 0 Å². The molecule has 0 heterocycles. The molecule has 0 radical (unpaired) electrons. The van der Waals surface area contributed by atoms with Crippen LogP contribution in [0.5, 0.6) is 0 Å². The van der Waals surface area contributed by atoms with Gasteiger partial charge in [-0.25, -0.2) is 0 Å². The number of halogens is 1. The molecule has 1 nitrogen and oxygen atoms in total. The van der Waals surface area contributed by atoms with Gasteiger partial charge in [-0.1, -0.05) is 12.2 Å². The lowest BCUT2D eigenvalue weighted by Gasteiger charge is -2.12. The molecule has 0 spiro atoms. The van der Waals surface area contributed by atoms with Gasteiger partial charge in [-0.2, -0.15) is 0 Å². The van der Waals surface area contributed by atoms with Crippen molar-refractivity contribution in [1.82, 2.24) is 0 Å². The number of ketones is 1. The fraction of sp³-hybridized carbons (Fsp3) is 0.500. The van der Waals surface area contributed by atoms with E-state index in [0.29, 0.717) is 5.92 Å². The summed E-state index contributed by atoms with van der Waals surface area (Å²) in [6, 6.07) is 0. The van der Waals surface area contributed by atoms with Crippen LogP contribution in [-0.2, 0) is 4.79 Å². The number of allylic oxidation sites excluding steroid dienone is 4. The molecule has 1 aliphatic carbocycles. The molecule has 0 fully saturated rings. The summed E-state index contributed by atoms with van der Waals surface area (Å²) in [7, 11) is 0. The van der Waals surface area contributed by atoms with Gasteiger partial charge in [0.15, 0.2) is 5.78 Å². The van der Waals surface area contributed by atoms with E-state index in [1.807, 2.05) is 6.08 Å². The van der Waals surface area contributed by atoms with Crippen molar-refractivity contribution in [1.29, 1.82) is 0 Å². The molecule has 0 N–H and O–H groups in total. The van der Waals surface area contributed by atoms with E-state index in [9.17, 15) is 4.79 Å². The smallest absolute Gasteiger partial charge is 0.155 e. The minimum Gasteiger partial charge on any atom is -0.295 e. The van der Waals surface area contributed by atoms with Gasteiger partial charge in [-0.05, 0) is 57.9 Å². The molecule has 1 rings (SSSR count). The number of carbonyl (C=O) groups is 1. The molecule has 66 valence electrons. The van der Waals surface area contributed by atoms with Crippen molar-refractivity contribution in [3.05, 3.63) is 21.8 Å². The summed E-state index contributed by atoms with van der Waals surface area (Å²) in [6.07, 6.45) is 8.83. The maximum absolute atomic E-state index is 10.8. The molecule has 0 saturated heterocycles. The summed E-state index contributed by atoms with van der Waals surface area (Å²) >= 11 is 2.31. The second-order valence-electron chi connectivity index (χ2n) is 3.15. The van der Waals surface area contributed by atoms with E-state index < -0.39 is 0 Å². The number of hydrogen-bond donors (Lipinski definition) is 0. The van der Waals surface area contributed by atoms with Crippen LogP contribution in [0, 0.1) is 5.92 Å². The fourth-order valence-corrected chi connectivity index (χ4v) is 1.52. The molecule has 1 atom stereocenters. The van der Waals surface area contributed by atoms with Gasteiger partial charge in [0.25, 0.3) is 0 Å². The summed E-state index contributed by atoms with van der Waals surface area (Å²) < 4.78 is 1.33. The highest BCUT2D eigenvalue weighted by molar-refractivity contribution is 14.1. The van der Waals surface area contributed by atoms with E-state index in [1.165, 1.54) is 3.58 Å². The predicted molar refractivity (Wildman–Crippen MR) is 59.3 cm³/mol. The SMILES string of the molecule is C/C(I)=C/CC1C=CC(=O)CC1. The first-order valence-electron chi connectivity index (χ1n) is 4.22. The lowest BCUT2D eigenvalue weighted by Crippen LogP contribution is -2.06. The van der Waals surface area contributed by atoms with Gasteiger partial charge in [-0.15, -0.1) is 0 Å². The van der Waals surface area contributed by atoms with Crippen molar-refractivity contribution in [2.75, 3.05) is 0 Å². The normalized spacial score (nSPS) is 24.7. The Bertz CT molecular complexity index is 224. The maximum Gasteiger partial charge on any atom is 0.155 e. The van der Waals surface area contributed by atoms with Crippen LogP contribution in [0.3, 0.4) is 0 Å². The molecule has 2 heteroatoms. The largest absolute Gasteiger partial charge is 0.295 e. The van der Waals surface area contributed by atoms with Crippen LogP contribution in [0.15, 0.2) is 21.8 Å². The van der Waals surface area contributed by atoms with Crippen molar-refractivity contribution in [2.24, 2.45) is 5.92 Å². The highest BCUT2D eigenvalue weighted by Crippen LogP contribution is 2.20. The Morgan fingerprint density at radius 1 is 1.83 bits per heavy atom. The van der Waals surface area contributed by atoms with Crippen LogP contribution in [-0.4, -0.2) is 5.78 Å². The van der Waals surface area contributed by atoms with Gasteiger partial charge in [0, 0.05) is 6.42 Å². The van der Waals surface area contributed by atoms with Gasteiger partial charge >= 0.3 is 0 Å². The first kappa shape index (κ1) is 9.96. The Balaban J connectivity index is 2.40. The molecule has 0 aliphatic heterocycles. The highest BCUT2D eigenvalue weighted by atomic mass is 127. The van der Waals surface area contributed by atoms with Crippen LogP contribution >= 0.6 is 22.6 Å². The van der Waals surface area contributed by atoms with Gasteiger partial charge < -0.3 is 0 Å². The molecule has 0 saturated carbocycles. The van der Waals surface area contributed by atoms with E-state index in [0.717, 1.165) is 19.3 Å². The summed E-state index contributed by atoms with van der Waals surface area (Å²) in [5.74, 6) is 0.869. The lowest BCUT2D eigenvalue weighted by atomic mass is 9.92. The van der Waals surface area contributed by atoms with Crippen LogP contribution in [0.4, 0.5) is 0 Å². The molecule has 12 heavy (non-hydrogen) atoms. The zero-order chi connectivity index (χ0) is 8.97. The van der Waals surface area contributed by atoms with E-state index in [2.05, 4.69) is 35.6 Å². The molecule has 1 unspecified atom stereocenters. The molecular formula is C10H13IO. The Kier molecular flexibility index (Phi) is 3.98. The van der Waals surface area contributed by atoms with Crippen molar-refractivity contribution >= 4 is 28.4 Å². The van der Waals surface area contributed by atoms with E-state index >= 15 is 0 Å². The summed E-state index contributed by atoms with van der Waals surface area (Å²) in [5.41, 5.74) is 0. The minimum atomic E-state index is 0.279. The van der Waals surface area contributed by atoms with Crippen LogP contribution in [0.1, 0.15) is 26.2 Å². The molecule has 0 aromatic heterocycles. The monoisotopic (exact) mass is 276 g/mol. The van der Waals surface area contributed by atoms with E-state index in [1.54, 1.807) is 6.08 Å². The fourth-order valence-electron chi connectivity index (χ4n) is 1.26. The Morgan fingerprint density at radius 2 is 2.58 bits per heavy atom. The van der Waals surface area contributed by atoms with Gasteiger partial charge in [0.1, 0.15) is 0 Å². The van der Waals surface area contributed by atoms with Crippen LogP contribution in [0.25, 0.3) is 0 Å². The molecular weight excluding hydrogens is 263 g/mol. The lowest BCUT2D eigenvalue weighted by molar-refractivity contribution is -0.115. The Hall–Kier alpha value is -0.120. The molecule has 0 aromatic carbocycles. The summed E-state index contributed by atoms with van der Waals surface area (Å²) in [4.78, 5) is 10.8. The Labute approximate surface area is 87.1 Å². The first-order chi connectivity index (χ1) is 5.68. The summed E-state index contributed by atoms with van der Waals surface area (Å²) in [5, 5.41) is 0. The van der Waals surface area contributed by atoms with Gasteiger partial charge in [0.2, 0.25) is 0 Å². The van der Waals surface area contributed by atoms with Crippen molar-refractivity contribution in [2.45, 2.75) is 26.2 Å². The van der Waals surface area contributed by atoms with E-state index in [4.69, 9.17) is 0 Å². The zero-order valence-corrected chi connectivity index (χ0v) is 9.37. The van der Waals surface area contributed by atoms with Crippen LogP contribution in [0.2, 0.25) is 0 Å². The quantitative estimate of drug-likeness (QED) is 0.707. The average molecular weight is 276 g/mol. The third-order valence-electron chi connectivity index (χ3n) is 2.02. The minimum absolute atomic E-state index is 0.279. The number of rotatable bonds is 2. The molecule has 0 amide bonds. The van der Waals surface area contributed by atoms with Crippen molar-refractivity contribution in [3.63, 3.8) is 0 Å². The molecule has 0 aromatic rings. The molecule has 0 bridgehead atoms. The second kappa shape index (κ2) is 4.80. The topological polar surface area (TPSA) is 17.1 Å². The number of carbonyl (C=O) groups excluding carboxylic acids is 1. The third kappa shape index (κ3) is 3.52. The van der Waals surface area contributed by atoms with Gasteiger partial charge in [0.05, 0.1) is 0 Å². The van der Waals surface area contributed by atoms with Gasteiger partial charge in [-0.3, -0.25) is 4.79 Å². The second-order valence-corrected chi connectivity index (χ2v) is 4.85. The predicted octanol–water partition coefficient (Wildman–Crippen LogP) is 3.25. The average Bonchev–Trinajstić information content (AvgIpc) is 2.03. The Morgan fingerprint density at radius 3 is 3.08 bits per heavy atom. The highest BCUT2D eigenvalue weighted by Gasteiger charge is 2.11. The van der Waals surface area contributed by atoms with Crippen molar-refractivity contribution in [3.8, 4) is 0 Å². The number of hydrogen-bond acceptors (Lipinski definition) is 1. The summed E-state index contributed by atoms with van der Waals surface area (Å²) in [6.45, 7) is 2.10. The zero-order valence-electron chi connectivity index (χ0n) is 7.22. The molecule has 1 aliphatic rings. The van der Waals surface area contributed by atoms with E-state index in [-0.39, 0.29) is 5.78 Å². The van der Waals surface area contributed by atoms with Crippen molar-refractivity contribution < 1.29 is 4.79 Å². The first-order valence-corrected chi connectivity index (χ1v) is 5.29.